The highest BCUT2D eigenvalue weighted by Crippen LogP contribution is 2.50. The van der Waals surface area contributed by atoms with Gasteiger partial charge in [-0.15, -0.1) is 0 Å². The van der Waals surface area contributed by atoms with Crippen LogP contribution in [0.3, 0.4) is 0 Å². The molecule has 0 bridgehead atoms. The molecule has 3 heterocycles. The lowest BCUT2D eigenvalue weighted by Crippen LogP contribution is -2.66. The molecule has 2 fully saturated rings. The van der Waals surface area contributed by atoms with Gasteiger partial charge < -0.3 is 18.7 Å². The molecular weight excluding hydrogens is 655 g/mol. The topological polar surface area (TPSA) is 89.2 Å². The van der Waals surface area contributed by atoms with Gasteiger partial charge in [0.2, 0.25) is 11.8 Å². The van der Waals surface area contributed by atoms with Gasteiger partial charge in [-0.3, -0.25) is 14.5 Å². The first-order valence-corrected chi connectivity index (χ1v) is 19.9. The number of aliphatic hydroxyl groups excluding tert-OH is 1. The van der Waals surface area contributed by atoms with Crippen molar-refractivity contribution < 1.29 is 28.3 Å². The quantitative estimate of drug-likeness (QED) is 0.108. The van der Waals surface area contributed by atoms with Crippen molar-refractivity contribution in [2.75, 3.05) is 20.3 Å². The third-order valence-corrected chi connectivity index (χ3v) is 16.1. The Morgan fingerprint density at radius 3 is 2.10 bits per heavy atom. The Bertz CT molecular complexity index is 1890. The van der Waals surface area contributed by atoms with Crippen LogP contribution in [0.15, 0.2) is 119 Å². The van der Waals surface area contributed by atoms with Crippen molar-refractivity contribution in [3.63, 3.8) is 0 Å². The number of rotatable bonds is 11. The standard InChI is InChI=1S/C43H47NO6Si/c1-43(2,3)51(34-16-10-6-11-17-34,35-18-12-7-13-19-35)49-27-31-25-36-40(42(47)44(4)41(36)46)37-28-48-38(39(31)37)23-20-30(29-14-8-5-9-15-29)24-32-21-22-33(26-45)50-32/h5-19,21-22,24,36-38,40,45H,20,23,25-28H2,1-4H3/b30-24-/t36-,37+,38-,40-/m1/s1. The number of benzene rings is 3. The number of ether oxygens (including phenoxy) is 1. The normalized spacial score (nSPS) is 22.5. The number of hydrogen-bond acceptors (Lipinski definition) is 6. The van der Waals surface area contributed by atoms with Gasteiger partial charge in [-0.25, -0.2) is 0 Å². The number of hydrogen-bond donors (Lipinski definition) is 1. The third kappa shape index (κ3) is 6.51. The fraction of sp³-hybridized carbons (Fsp3) is 0.349. The van der Waals surface area contributed by atoms with E-state index < -0.39 is 20.2 Å². The second kappa shape index (κ2) is 14.3. The molecule has 264 valence electrons. The summed E-state index contributed by atoms with van der Waals surface area (Å²) in [5, 5.41) is 11.8. The Morgan fingerprint density at radius 1 is 0.882 bits per heavy atom. The molecule has 3 aliphatic rings. The second-order valence-electron chi connectivity index (χ2n) is 15.0. The molecular formula is C43H47NO6Si. The van der Waals surface area contributed by atoms with Gasteiger partial charge in [0.25, 0.3) is 8.32 Å². The van der Waals surface area contributed by atoms with Crippen LogP contribution in [-0.2, 0) is 25.4 Å². The molecule has 2 amide bonds. The van der Waals surface area contributed by atoms with Crippen LogP contribution in [0.4, 0.5) is 0 Å². The average Bonchev–Trinajstić information content (AvgIpc) is 3.85. The highest BCUT2D eigenvalue weighted by atomic mass is 28.4. The van der Waals surface area contributed by atoms with Crippen LogP contribution in [0.1, 0.15) is 57.1 Å². The number of imide groups is 1. The SMILES string of the molecule is CN1C(=O)[C@@H]2[C@@H](CC(CO[Si](c3ccccc3)(c3ccccc3)C(C)(C)C)=C3[C@@H](CC/C(=C/c4ccc(CO)o4)c4ccccc4)OC[C@@H]32)C1=O. The minimum atomic E-state index is -2.88. The number of nitrogens with zero attached hydrogens (tertiary/aromatic N) is 1. The summed E-state index contributed by atoms with van der Waals surface area (Å²) in [5.74, 6) is -0.00556. The zero-order valence-corrected chi connectivity index (χ0v) is 30.9. The Morgan fingerprint density at radius 2 is 1.51 bits per heavy atom. The molecule has 2 aliphatic heterocycles. The van der Waals surface area contributed by atoms with E-state index in [1.54, 1.807) is 13.1 Å². The van der Waals surface area contributed by atoms with Crippen LogP contribution in [-0.4, -0.2) is 56.5 Å². The number of aliphatic hydroxyl groups is 1. The van der Waals surface area contributed by atoms with E-state index in [1.807, 2.05) is 42.5 Å². The van der Waals surface area contributed by atoms with Gasteiger partial charge in [-0.2, -0.15) is 0 Å². The van der Waals surface area contributed by atoms with E-state index in [4.69, 9.17) is 13.6 Å². The summed E-state index contributed by atoms with van der Waals surface area (Å²) in [6, 6.07) is 35.1. The van der Waals surface area contributed by atoms with E-state index in [0.717, 1.165) is 22.3 Å². The molecule has 1 N–H and O–H groups in total. The van der Waals surface area contributed by atoms with Crippen LogP contribution >= 0.6 is 0 Å². The lowest BCUT2D eigenvalue weighted by atomic mass is 9.69. The molecule has 1 aliphatic carbocycles. The lowest BCUT2D eigenvalue weighted by Gasteiger charge is -2.44. The van der Waals surface area contributed by atoms with Crippen molar-refractivity contribution in [1.82, 2.24) is 4.90 Å². The Kier molecular flexibility index (Phi) is 9.87. The molecule has 4 aromatic rings. The van der Waals surface area contributed by atoms with Crippen LogP contribution < -0.4 is 10.4 Å². The Labute approximate surface area is 301 Å². The van der Waals surface area contributed by atoms with E-state index in [2.05, 4.69) is 81.4 Å². The summed E-state index contributed by atoms with van der Waals surface area (Å²) in [5.41, 5.74) is 4.41. The predicted octanol–water partition coefficient (Wildman–Crippen LogP) is 6.62. The molecule has 8 heteroatoms. The van der Waals surface area contributed by atoms with Crippen LogP contribution in [0.25, 0.3) is 11.6 Å². The van der Waals surface area contributed by atoms with E-state index >= 15 is 0 Å². The maximum absolute atomic E-state index is 13.6. The highest BCUT2D eigenvalue weighted by Gasteiger charge is 2.57. The minimum Gasteiger partial charge on any atom is -0.459 e. The molecule has 1 aromatic heterocycles. The van der Waals surface area contributed by atoms with Gasteiger partial charge in [0.1, 0.15) is 18.1 Å². The molecule has 2 saturated heterocycles. The maximum atomic E-state index is 13.6. The van der Waals surface area contributed by atoms with Gasteiger partial charge >= 0.3 is 0 Å². The van der Waals surface area contributed by atoms with Gasteiger partial charge in [0.15, 0.2) is 0 Å². The van der Waals surface area contributed by atoms with Crippen molar-refractivity contribution >= 4 is 42.2 Å². The van der Waals surface area contributed by atoms with Crippen molar-refractivity contribution in [2.24, 2.45) is 17.8 Å². The molecule has 0 spiro atoms. The first-order chi connectivity index (χ1) is 24.6. The number of carbonyl (C=O) groups is 2. The molecule has 7 rings (SSSR count). The van der Waals surface area contributed by atoms with E-state index in [-0.39, 0.29) is 35.5 Å². The summed E-state index contributed by atoms with van der Waals surface area (Å²) in [6.45, 7) is 7.42. The number of likely N-dealkylation sites (tertiary alicyclic amines) is 1. The summed E-state index contributed by atoms with van der Waals surface area (Å²) in [6.07, 6.45) is 3.69. The Hall–Kier alpha value is -4.34. The zero-order valence-electron chi connectivity index (χ0n) is 29.9. The molecule has 0 unspecified atom stereocenters. The summed E-state index contributed by atoms with van der Waals surface area (Å²) in [4.78, 5) is 28.4. The maximum Gasteiger partial charge on any atom is 0.261 e. The second-order valence-corrected chi connectivity index (χ2v) is 19.4. The van der Waals surface area contributed by atoms with Crippen LogP contribution in [0.5, 0.6) is 0 Å². The molecule has 0 radical (unpaired) electrons. The lowest BCUT2D eigenvalue weighted by molar-refractivity contribution is -0.138. The first-order valence-electron chi connectivity index (χ1n) is 18.0. The molecule has 3 aromatic carbocycles. The number of carbonyl (C=O) groups excluding carboxylic acids is 2. The molecule has 0 saturated carbocycles. The van der Waals surface area contributed by atoms with Gasteiger partial charge in [0.05, 0.1) is 31.2 Å². The van der Waals surface area contributed by atoms with E-state index in [1.165, 1.54) is 15.3 Å². The van der Waals surface area contributed by atoms with Gasteiger partial charge in [-0.1, -0.05) is 112 Å². The van der Waals surface area contributed by atoms with E-state index in [9.17, 15) is 14.7 Å². The minimum absolute atomic E-state index is 0.105. The first kappa shape index (κ1) is 35.1. The monoisotopic (exact) mass is 701 g/mol. The largest absolute Gasteiger partial charge is 0.459 e. The number of allylic oxidation sites excluding steroid dienone is 1. The van der Waals surface area contributed by atoms with Crippen molar-refractivity contribution in [2.45, 2.75) is 57.8 Å². The Balaban J connectivity index is 1.27. The fourth-order valence-electron chi connectivity index (χ4n) is 8.69. The van der Waals surface area contributed by atoms with Gasteiger partial charge in [0, 0.05) is 13.0 Å². The molecule has 7 nitrogen and oxygen atoms in total. The van der Waals surface area contributed by atoms with Crippen molar-refractivity contribution in [1.29, 1.82) is 0 Å². The highest BCUT2D eigenvalue weighted by molar-refractivity contribution is 6.99. The summed E-state index contributed by atoms with van der Waals surface area (Å²) >= 11 is 0. The summed E-state index contributed by atoms with van der Waals surface area (Å²) in [7, 11) is -1.26. The third-order valence-electron chi connectivity index (χ3n) is 11.1. The van der Waals surface area contributed by atoms with Crippen LogP contribution in [0.2, 0.25) is 5.04 Å². The number of furan rings is 1. The smallest absolute Gasteiger partial charge is 0.261 e. The van der Waals surface area contributed by atoms with Crippen molar-refractivity contribution in [3.8, 4) is 0 Å². The fourth-order valence-corrected chi connectivity index (χ4v) is 13.2. The number of amides is 2. The zero-order chi connectivity index (χ0) is 35.8. The van der Waals surface area contributed by atoms with Crippen LogP contribution in [0, 0.1) is 17.8 Å². The average molecular weight is 702 g/mol. The van der Waals surface area contributed by atoms with E-state index in [0.29, 0.717) is 44.0 Å². The predicted molar refractivity (Wildman–Crippen MR) is 201 cm³/mol. The molecule has 51 heavy (non-hydrogen) atoms. The summed E-state index contributed by atoms with van der Waals surface area (Å²) < 4.78 is 19.9. The number of fused-ring (bicyclic) bond motifs is 3. The van der Waals surface area contributed by atoms with Crippen molar-refractivity contribution in [3.05, 3.63) is 131 Å². The van der Waals surface area contributed by atoms with Gasteiger partial charge in [-0.05, 0) is 75.2 Å². The molecule has 4 atom stereocenters.